The standard InChI is InChI=1S/C17H23ClN4O/c1-3-7-20-17(19-2)22-10-8-21(9-11-22)16(23)13-14-5-4-6-15(18)12-14/h3-6,12H,1,7-11,13H2,2H3,(H,19,20). The van der Waals surface area contributed by atoms with Gasteiger partial charge in [-0.05, 0) is 17.7 Å². The zero-order valence-corrected chi connectivity index (χ0v) is 14.2. The molecule has 23 heavy (non-hydrogen) atoms. The molecule has 1 aromatic rings. The van der Waals surface area contributed by atoms with Crippen LogP contribution in [0.25, 0.3) is 0 Å². The summed E-state index contributed by atoms with van der Waals surface area (Å²) in [4.78, 5) is 20.7. The predicted molar refractivity (Wildman–Crippen MR) is 94.9 cm³/mol. The molecule has 0 spiro atoms. The van der Waals surface area contributed by atoms with Crippen LogP contribution in [0.1, 0.15) is 5.56 Å². The SMILES string of the molecule is C=CCNC(=NC)N1CCN(C(=O)Cc2cccc(Cl)c2)CC1. The zero-order chi connectivity index (χ0) is 16.7. The molecule has 1 aliphatic heterocycles. The predicted octanol–water partition coefficient (Wildman–Crippen LogP) is 1.79. The number of hydrogen-bond donors (Lipinski definition) is 1. The minimum atomic E-state index is 0.140. The summed E-state index contributed by atoms with van der Waals surface area (Å²) in [7, 11) is 1.77. The molecule has 1 aromatic carbocycles. The number of nitrogens with one attached hydrogen (secondary N) is 1. The third-order valence-corrected chi connectivity index (χ3v) is 4.03. The molecular formula is C17H23ClN4O. The first-order chi connectivity index (χ1) is 11.1. The average molecular weight is 335 g/mol. The van der Waals surface area contributed by atoms with Crippen molar-refractivity contribution in [3.63, 3.8) is 0 Å². The highest BCUT2D eigenvalue weighted by Crippen LogP contribution is 2.13. The summed E-state index contributed by atoms with van der Waals surface area (Å²) < 4.78 is 0. The van der Waals surface area contributed by atoms with Crippen LogP contribution in [0.15, 0.2) is 41.9 Å². The van der Waals surface area contributed by atoms with Crippen molar-refractivity contribution in [1.82, 2.24) is 15.1 Å². The number of halogens is 1. The van der Waals surface area contributed by atoms with Gasteiger partial charge in [-0.2, -0.15) is 0 Å². The second-order valence-corrected chi connectivity index (χ2v) is 5.83. The van der Waals surface area contributed by atoms with E-state index in [4.69, 9.17) is 11.6 Å². The fourth-order valence-electron chi connectivity index (χ4n) is 2.60. The van der Waals surface area contributed by atoms with E-state index in [9.17, 15) is 4.79 Å². The lowest BCUT2D eigenvalue weighted by atomic mass is 10.1. The third-order valence-electron chi connectivity index (χ3n) is 3.79. The van der Waals surface area contributed by atoms with Crippen molar-refractivity contribution in [3.05, 3.63) is 47.5 Å². The second-order valence-electron chi connectivity index (χ2n) is 5.39. The Bertz CT molecular complexity index is 580. The van der Waals surface area contributed by atoms with Crippen molar-refractivity contribution in [2.75, 3.05) is 39.8 Å². The Balaban J connectivity index is 1.86. The summed E-state index contributed by atoms with van der Waals surface area (Å²) in [5.41, 5.74) is 0.952. The van der Waals surface area contributed by atoms with Gasteiger partial charge in [0.25, 0.3) is 0 Å². The van der Waals surface area contributed by atoms with Gasteiger partial charge < -0.3 is 15.1 Å². The Hall–Kier alpha value is -2.01. The van der Waals surface area contributed by atoms with Crippen molar-refractivity contribution in [2.24, 2.45) is 4.99 Å². The lowest BCUT2D eigenvalue weighted by Crippen LogP contribution is -2.54. The van der Waals surface area contributed by atoms with Crippen molar-refractivity contribution in [2.45, 2.75) is 6.42 Å². The molecular weight excluding hydrogens is 312 g/mol. The molecule has 0 saturated carbocycles. The molecule has 0 bridgehead atoms. The minimum absolute atomic E-state index is 0.140. The van der Waals surface area contributed by atoms with E-state index in [1.807, 2.05) is 29.2 Å². The smallest absolute Gasteiger partial charge is 0.227 e. The Labute approximate surface area is 142 Å². The fraction of sp³-hybridized carbons (Fsp3) is 0.412. The van der Waals surface area contributed by atoms with E-state index in [0.29, 0.717) is 31.1 Å². The molecule has 124 valence electrons. The molecule has 0 unspecified atom stereocenters. The number of rotatable bonds is 4. The first kappa shape index (κ1) is 17.3. The number of carbonyl (C=O) groups is 1. The molecule has 1 amide bonds. The quantitative estimate of drug-likeness (QED) is 0.519. The highest BCUT2D eigenvalue weighted by molar-refractivity contribution is 6.30. The molecule has 0 aliphatic carbocycles. The van der Waals surface area contributed by atoms with E-state index in [1.165, 1.54) is 0 Å². The van der Waals surface area contributed by atoms with Crippen LogP contribution in [0.2, 0.25) is 5.02 Å². The Kier molecular flexibility index (Phi) is 6.47. The van der Waals surface area contributed by atoms with Crippen molar-refractivity contribution in [1.29, 1.82) is 0 Å². The van der Waals surface area contributed by atoms with Gasteiger partial charge >= 0.3 is 0 Å². The Morgan fingerprint density at radius 1 is 1.35 bits per heavy atom. The first-order valence-corrected chi connectivity index (χ1v) is 8.10. The molecule has 0 atom stereocenters. The lowest BCUT2D eigenvalue weighted by Gasteiger charge is -2.36. The molecule has 1 N–H and O–H groups in total. The van der Waals surface area contributed by atoms with Crippen molar-refractivity contribution in [3.8, 4) is 0 Å². The van der Waals surface area contributed by atoms with E-state index in [0.717, 1.165) is 24.6 Å². The van der Waals surface area contributed by atoms with Gasteiger partial charge in [0.15, 0.2) is 5.96 Å². The van der Waals surface area contributed by atoms with Crippen LogP contribution in [0.4, 0.5) is 0 Å². The Morgan fingerprint density at radius 2 is 2.04 bits per heavy atom. The molecule has 5 nitrogen and oxygen atoms in total. The molecule has 6 heteroatoms. The van der Waals surface area contributed by atoms with Gasteiger partial charge in [0.05, 0.1) is 6.42 Å². The average Bonchev–Trinajstić information content (AvgIpc) is 2.56. The van der Waals surface area contributed by atoms with E-state index < -0.39 is 0 Å². The second kappa shape index (κ2) is 8.58. The van der Waals surface area contributed by atoms with Gasteiger partial charge in [-0.1, -0.05) is 29.8 Å². The molecule has 0 radical (unpaired) electrons. The van der Waals surface area contributed by atoms with Gasteiger partial charge in [-0.25, -0.2) is 0 Å². The number of carbonyl (C=O) groups excluding carboxylic acids is 1. The van der Waals surface area contributed by atoms with Crippen LogP contribution >= 0.6 is 11.6 Å². The molecule has 0 aromatic heterocycles. The number of piperazine rings is 1. The molecule has 2 rings (SSSR count). The van der Waals surface area contributed by atoms with Gasteiger partial charge in [0.1, 0.15) is 0 Å². The maximum absolute atomic E-state index is 12.4. The van der Waals surface area contributed by atoms with Crippen molar-refractivity contribution < 1.29 is 4.79 Å². The summed E-state index contributed by atoms with van der Waals surface area (Å²) in [6.45, 7) is 7.33. The van der Waals surface area contributed by atoms with E-state index in [1.54, 1.807) is 13.1 Å². The number of guanidine groups is 1. The third kappa shape index (κ3) is 4.99. The summed E-state index contributed by atoms with van der Waals surface area (Å²) in [5, 5.41) is 3.88. The number of amides is 1. The van der Waals surface area contributed by atoms with Gasteiger partial charge in [0, 0.05) is 44.8 Å². The van der Waals surface area contributed by atoms with Crippen LogP contribution in [-0.4, -0.2) is 61.4 Å². The summed E-state index contributed by atoms with van der Waals surface area (Å²) >= 11 is 5.97. The molecule has 1 fully saturated rings. The van der Waals surface area contributed by atoms with Crippen LogP contribution in [0.5, 0.6) is 0 Å². The van der Waals surface area contributed by atoms with Gasteiger partial charge in [-0.3, -0.25) is 9.79 Å². The maximum atomic E-state index is 12.4. The molecule has 1 heterocycles. The van der Waals surface area contributed by atoms with Crippen molar-refractivity contribution >= 4 is 23.5 Å². The summed E-state index contributed by atoms with van der Waals surface area (Å²) in [6.07, 6.45) is 2.19. The number of aliphatic imine (C=N–C) groups is 1. The van der Waals surface area contributed by atoms with E-state index in [-0.39, 0.29) is 5.91 Å². The minimum Gasteiger partial charge on any atom is -0.353 e. The molecule has 1 aliphatic rings. The lowest BCUT2D eigenvalue weighted by molar-refractivity contribution is -0.131. The highest BCUT2D eigenvalue weighted by atomic mass is 35.5. The van der Waals surface area contributed by atoms with Gasteiger partial charge in [0.2, 0.25) is 5.91 Å². The number of benzene rings is 1. The number of hydrogen-bond acceptors (Lipinski definition) is 2. The highest BCUT2D eigenvalue weighted by Gasteiger charge is 2.22. The topological polar surface area (TPSA) is 47.9 Å². The van der Waals surface area contributed by atoms with E-state index >= 15 is 0 Å². The normalized spacial score (nSPS) is 15.5. The monoisotopic (exact) mass is 334 g/mol. The van der Waals surface area contributed by atoms with E-state index in [2.05, 4.69) is 21.8 Å². The molecule has 1 saturated heterocycles. The van der Waals surface area contributed by atoms with Crippen LogP contribution in [-0.2, 0) is 11.2 Å². The zero-order valence-electron chi connectivity index (χ0n) is 13.5. The summed E-state index contributed by atoms with van der Waals surface area (Å²) in [6, 6.07) is 7.46. The largest absolute Gasteiger partial charge is 0.353 e. The Morgan fingerprint density at radius 3 is 2.65 bits per heavy atom. The van der Waals surface area contributed by atoms with Gasteiger partial charge in [-0.15, -0.1) is 6.58 Å². The number of nitrogens with zero attached hydrogens (tertiary/aromatic N) is 3. The fourth-order valence-corrected chi connectivity index (χ4v) is 2.81. The maximum Gasteiger partial charge on any atom is 0.227 e. The van der Waals surface area contributed by atoms with Crippen LogP contribution in [0.3, 0.4) is 0 Å². The summed E-state index contributed by atoms with van der Waals surface area (Å²) in [5.74, 6) is 0.993. The first-order valence-electron chi connectivity index (χ1n) is 7.72. The van der Waals surface area contributed by atoms with Crippen LogP contribution < -0.4 is 5.32 Å². The van der Waals surface area contributed by atoms with Crippen LogP contribution in [0, 0.1) is 0 Å².